The van der Waals surface area contributed by atoms with Crippen LogP contribution >= 0.6 is 0 Å². The number of phenolic OH excluding ortho intramolecular Hbond substituents is 2. The number of benzene rings is 4. The molecule has 1 unspecified atom stereocenters. The number of amides is 1. The lowest BCUT2D eigenvalue weighted by Gasteiger charge is -2.29. The van der Waals surface area contributed by atoms with E-state index in [2.05, 4.69) is 4.72 Å². The molecular formula is C34H37N3O6S2. The summed E-state index contributed by atoms with van der Waals surface area (Å²) < 4.78 is 44.0. The lowest BCUT2D eigenvalue weighted by molar-refractivity contribution is 0.0730. The summed E-state index contributed by atoms with van der Waals surface area (Å²) in [6.45, 7) is 1.28. The van der Waals surface area contributed by atoms with Crippen molar-refractivity contribution in [1.29, 1.82) is 0 Å². The van der Waals surface area contributed by atoms with Gasteiger partial charge in [-0.1, -0.05) is 66.7 Å². The van der Waals surface area contributed by atoms with Crippen LogP contribution in [0.25, 0.3) is 0 Å². The van der Waals surface area contributed by atoms with Gasteiger partial charge < -0.3 is 15.1 Å². The van der Waals surface area contributed by atoms with Gasteiger partial charge in [0.15, 0.2) is 11.5 Å². The molecule has 1 heterocycles. The Kier molecular flexibility index (Phi) is 10.3. The van der Waals surface area contributed by atoms with Gasteiger partial charge in [-0.3, -0.25) is 4.79 Å². The van der Waals surface area contributed by atoms with E-state index >= 15 is 0 Å². The van der Waals surface area contributed by atoms with Crippen LogP contribution in [0.1, 0.15) is 39.0 Å². The number of aromatic hydroxyl groups is 2. The minimum Gasteiger partial charge on any atom is -0.504 e. The fourth-order valence-corrected chi connectivity index (χ4v) is 7.52. The van der Waals surface area contributed by atoms with E-state index in [0.29, 0.717) is 37.2 Å². The Bertz CT molecular complexity index is 1780. The van der Waals surface area contributed by atoms with Gasteiger partial charge in [0.2, 0.25) is 10.0 Å². The summed E-state index contributed by atoms with van der Waals surface area (Å²) in [6, 6.07) is 27.3. The Labute approximate surface area is 266 Å². The Morgan fingerprint density at radius 2 is 1.58 bits per heavy atom. The van der Waals surface area contributed by atoms with Crippen molar-refractivity contribution >= 4 is 26.9 Å². The minimum absolute atomic E-state index is 0.180. The summed E-state index contributed by atoms with van der Waals surface area (Å²) in [5, 5.41) is 21.1. The standard InChI is InChI=1S/C34H37N3O6S2/c1-36(19-8-13-25-9-4-2-5-10-25)45(42,43)30-22-31(33(39)32(38)23-30)34(40)37-20-17-27-14-15-29(21-28(27)24-37)44(41)35-18-16-26-11-6-3-7-12-26/h2-7,9-12,14-15,21-23,35,38-39H,8,13,16-20,24H2,1H3. The number of carbonyl (C=O) groups is 1. The zero-order valence-electron chi connectivity index (χ0n) is 25.1. The van der Waals surface area contributed by atoms with Crippen molar-refractivity contribution in [2.75, 3.05) is 26.7 Å². The normalized spacial score (nSPS) is 13.9. The lowest BCUT2D eigenvalue weighted by Crippen LogP contribution is -2.36. The first-order valence-corrected chi connectivity index (χ1v) is 17.4. The van der Waals surface area contributed by atoms with E-state index in [1.807, 2.05) is 78.9 Å². The molecule has 0 spiro atoms. The van der Waals surface area contributed by atoms with Crippen LogP contribution in [0, 0.1) is 0 Å². The summed E-state index contributed by atoms with van der Waals surface area (Å²) in [5.41, 5.74) is 3.78. The molecule has 3 N–H and O–H groups in total. The van der Waals surface area contributed by atoms with Gasteiger partial charge in [-0.25, -0.2) is 21.7 Å². The zero-order valence-corrected chi connectivity index (χ0v) is 26.7. The van der Waals surface area contributed by atoms with Gasteiger partial charge in [-0.2, -0.15) is 0 Å². The molecule has 236 valence electrons. The molecule has 11 heteroatoms. The summed E-state index contributed by atoms with van der Waals surface area (Å²) in [6.07, 6.45) is 2.54. The van der Waals surface area contributed by atoms with E-state index in [0.717, 1.165) is 40.8 Å². The fourth-order valence-electron chi connectivity index (χ4n) is 5.36. The number of carbonyl (C=O) groups excluding carboxylic acids is 1. The molecule has 5 rings (SSSR count). The first-order valence-electron chi connectivity index (χ1n) is 14.8. The quantitative estimate of drug-likeness (QED) is 0.196. The first kappa shape index (κ1) is 32.4. The van der Waals surface area contributed by atoms with Crippen molar-refractivity contribution in [2.45, 2.75) is 42.0 Å². The molecule has 1 aliphatic heterocycles. The van der Waals surface area contributed by atoms with E-state index in [1.165, 1.54) is 16.3 Å². The first-order chi connectivity index (χ1) is 21.6. The van der Waals surface area contributed by atoms with Crippen LogP contribution in [-0.4, -0.2) is 64.6 Å². The molecule has 0 aliphatic carbocycles. The molecule has 0 saturated heterocycles. The lowest BCUT2D eigenvalue weighted by atomic mass is 9.99. The summed E-state index contributed by atoms with van der Waals surface area (Å²) in [7, 11) is -4.06. The fraction of sp³-hybridized carbons (Fsp3) is 0.265. The van der Waals surface area contributed by atoms with Crippen molar-refractivity contribution in [3.05, 3.63) is 119 Å². The third-order valence-electron chi connectivity index (χ3n) is 7.96. The third kappa shape index (κ3) is 7.80. The number of rotatable bonds is 12. The Hall–Kier alpha value is -4.03. The van der Waals surface area contributed by atoms with Crippen LogP contribution in [0.15, 0.2) is 101 Å². The van der Waals surface area contributed by atoms with Gasteiger partial charge in [0.1, 0.15) is 11.0 Å². The smallest absolute Gasteiger partial charge is 0.258 e. The highest BCUT2D eigenvalue weighted by Gasteiger charge is 2.29. The second kappa shape index (κ2) is 14.4. The SMILES string of the molecule is CN(CCCc1ccccc1)S(=O)(=O)c1cc(O)c(O)c(C(=O)N2CCc3ccc(S(=O)NCCc4ccccc4)cc3C2)c1. The van der Waals surface area contributed by atoms with E-state index in [4.69, 9.17) is 0 Å². The number of fused-ring (bicyclic) bond motifs is 1. The molecule has 0 radical (unpaired) electrons. The molecule has 1 amide bonds. The molecule has 9 nitrogen and oxygen atoms in total. The number of hydrogen-bond donors (Lipinski definition) is 3. The van der Waals surface area contributed by atoms with Crippen LogP contribution in [-0.2, 0) is 46.8 Å². The molecule has 0 bridgehead atoms. The molecule has 1 atom stereocenters. The zero-order chi connectivity index (χ0) is 32.0. The number of sulfonamides is 1. The molecule has 4 aromatic carbocycles. The largest absolute Gasteiger partial charge is 0.504 e. The number of aryl methyl sites for hydroxylation is 1. The maximum absolute atomic E-state index is 13.6. The van der Waals surface area contributed by atoms with Crippen molar-refractivity contribution < 1.29 is 27.6 Å². The van der Waals surface area contributed by atoms with E-state index in [9.17, 15) is 27.6 Å². The van der Waals surface area contributed by atoms with Gasteiger partial charge in [0, 0.05) is 39.3 Å². The highest BCUT2D eigenvalue weighted by molar-refractivity contribution is 7.89. The molecule has 1 aliphatic rings. The average molecular weight is 648 g/mol. The van der Waals surface area contributed by atoms with E-state index in [-0.39, 0.29) is 23.5 Å². The highest BCUT2D eigenvalue weighted by atomic mass is 32.2. The number of nitrogens with one attached hydrogen (secondary N) is 1. The molecular weight excluding hydrogens is 611 g/mol. The van der Waals surface area contributed by atoms with Gasteiger partial charge in [-0.05, 0) is 66.1 Å². The topological polar surface area (TPSA) is 127 Å². The minimum atomic E-state index is -4.06. The van der Waals surface area contributed by atoms with Crippen LogP contribution < -0.4 is 4.72 Å². The van der Waals surface area contributed by atoms with E-state index in [1.54, 1.807) is 0 Å². The molecule has 0 fully saturated rings. The molecule has 4 aromatic rings. The summed E-state index contributed by atoms with van der Waals surface area (Å²) >= 11 is 0. The van der Waals surface area contributed by atoms with Crippen molar-refractivity contribution in [3.63, 3.8) is 0 Å². The Morgan fingerprint density at radius 1 is 0.911 bits per heavy atom. The molecule has 0 aromatic heterocycles. The van der Waals surface area contributed by atoms with Crippen LogP contribution in [0.3, 0.4) is 0 Å². The van der Waals surface area contributed by atoms with Crippen LogP contribution in [0.4, 0.5) is 0 Å². The van der Waals surface area contributed by atoms with Crippen molar-refractivity contribution in [3.8, 4) is 11.5 Å². The number of phenols is 2. The second-order valence-electron chi connectivity index (χ2n) is 11.1. The predicted octanol–water partition coefficient (Wildman–Crippen LogP) is 4.40. The maximum Gasteiger partial charge on any atom is 0.258 e. The number of nitrogens with zero attached hydrogens (tertiary/aromatic N) is 2. The highest BCUT2D eigenvalue weighted by Crippen LogP contribution is 2.35. The second-order valence-corrected chi connectivity index (χ2v) is 14.4. The van der Waals surface area contributed by atoms with Crippen LogP contribution in [0.5, 0.6) is 11.5 Å². The van der Waals surface area contributed by atoms with Crippen molar-refractivity contribution in [1.82, 2.24) is 13.9 Å². The van der Waals surface area contributed by atoms with Crippen LogP contribution in [0.2, 0.25) is 0 Å². The molecule has 45 heavy (non-hydrogen) atoms. The van der Waals surface area contributed by atoms with E-state index < -0.39 is 38.4 Å². The predicted molar refractivity (Wildman–Crippen MR) is 174 cm³/mol. The van der Waals surface area contributed by atoms with Gasteiger partial charge >= 0.3 is 0 Å². The summed E-state index contributed by atoms with van der Waals surface area (Å²) in [4.78, 5) is 15.4. The third-order valence-corrected chi connectivity index (χ3v) is 10.9. The van der Waals surface area contributed by atoms with Gasteiger partial charge in [0.25, 0.3) is 5.91 Å². The monoisotopic (exact) mass is 647 g/mol. The number of hydrogen-bond acceptors (Lipinski definition) is 6. The summed E-state index contributed by atoms with van der Waals surface area (Å²) in [5.74, 6) is -1.97. The van der Waals surface area contributed by atoms with Crippen molar-refractivity contribution in [2.24, 2.45) is 0 Å². The maximum atomic E-state index is 13.6. The molecule has 0 saturated carbocycles. The Morgan fingerprint density at radius 3 is 2.27 bits per heavy atom. The average Bonchev–Trinajstić information content (AvgIpc) is 3.05. The Balaban J connectivity index is 1.26. The van der Waals surface area contributed by atoms with Gasteiger partial charge in [0.05, 0.1) is 15.4 Å². The van der Waals surface area contributed by atoms with Gasteiger partial charge in [-0.15, -0.1) is 0 Å².